The molecule has 34 heavy (non-hydrogen) atoms. The molecule has 0 spiro atoms. The second-order valence-corrected chi connectivity index (χ2v) is 9.66. The van der Waals surface area contributed by atoms with E-state index in [0.717, 1.165) is 0 Å². The summed E-state index contributed by atoms with van der Waals surface area (Å²) in [6.07, 6.45) is 2.45. The smallest absolute Gasteiger partial charge is 0.259 e. The minimum Gasteiger partial charge on any atom is -0.496 e. The number of benzene rings is 1. The van der Waals surface area contributed by atoms with Gasteiger partial charge in [0.05, 0.1) is 35.6 Å². The maximum atomic E-state index is 15.0. The number of fused-ring (bicyclic) bond motifs is 1. The zero-order chi connectivity index (χ0) is 24.4. The zero-order valence-electron chi connectivity index (χ0n) is 18.3. The molecule has 0 aliphatic rings. The SMILES string of the molecule is COc1ccc(Cl)c(F)c1-c1cc(C)ncc1C(=O)Nc1nc2cnc(SCC(C)O)nc2s1. The summed E-state index contributed by atoms with van der Waals surface area (Å²) in [4.78, 5) is 31.0. The first-order valence-electron chi connectivity index (χ1n) is 10.0. The van der Waals surface area contributed by atoms with Crippen molar-refractivity contribution >= 4 is 56.1 Å². The molecule has 0 radical (unpaired) electrons. The van der Waals surface area contributed by atoms with Gasteiger partial charge in [-0.25, -0.2) is 19.3 Å². The minimum absolute atomic E-state index is 0.0700. The number of rotatable bonds is 7. The number of aromatic nitrogens is 4. The van der Waals surface area contributed by atoms with Crippen molar-refractivity contribution in [1.82, 2.24) is 19.9 Å². The molecular formula is C22H19ClFN5O3S2. The number of aliphatic hydroxyl groups excluding tert-OH is 1. The Balaban J connectivity index is 1.68. The van der Waals surface area contributed by atoms with E-state index in [2.05, 4.69) is 25.3 Å². The molecule has 0 saturated carbocycles. The van der Waals surface area contributed by atoms with E-state index >= 15 is 4.39 Å². The van der Waals surface area contributed by atoms with Crippen molar-refractivity contribution in [3.05, 3.63) is 52.7 Å². The molecule has 0 aliphatic carbocycles. The van der Waals surface area contributed by atoms with Crippen LogP contribution in [-0.2, 0) is 0 Å². The van der Waals surface area contributed by atoms with Crippen LogP contribution in [0.2, 0.25) is 5.02 Å². The van der Waals surface area contributed by atoms with Crippen LogP contribution in [0.1, 0.15) is 23.0 Å². The normalized spacial score (nSPS) is 12.1. The molecule has 12 heteroatoms. The molecule has 3 heterocycles. The van der Waals surface area contributed by atoms with E-state index in [1.165, 1.54) is 48.5 Å². The number of carbonyl (C=O) groups is 1. The number of halogens is 2. The Morgan fingerprint density at radius 2 is 2.12 bits per heavy atom. The maximum absolute atomic E-state index is 15.0. The van der Waals surface area contributed by atoms with Crippen molar-refractivity contribution < 1.29 is 19.0 Å². The number of hydrogen-bond donors (Lipinski definition) is 2. The first-order chi connectivity index (χ1) is 16.3. The number of amides is 1. The number of pyridine rings is 1. The number of hydrogen-bond acceptors (Lipinski definition) is 9. The second-order valence-electron chi connectivity index (χ2n) is 7.29. The molecule has 1 aromatic carbocycles. The van der Waals surface area contributed by atoms with Gasteiger partial charge in [0, 0.05) is 23.2 Å². The van der Waals surface area contributed by atoms with Gasteiger partial charge in [-0.05, 0) is 32.0 Å². The molecule has 0 fully saturated rings. The highest BCUT2D eigenvalue weighted by Gasteiger charge is 2.23. The molecule has 0 saturated heterocycles. The van der Waals surface area contributed by atoms with Gasteiger partial charge in [0.25, 0.3) is 5.91 Å². The summed E-state index contributed by atoms with van der Waals surface area (Å²) >= 11 is 8.51. The largest absolute Gasteiger partial charge is 0.496 e. The van der Waals surface area contributed by atoms with E-state index in [0.29, 0.717) is 37.6 Å². The van der Waals surface area contributed by atoms with Crippen LogP contribution in [0.4, 0.5) is 9.52 Å². The Morgan fingerprint density at radius 1 is 1.32 bits per heavy atom. The van der Waals surface area contributed by atoms with Crippen LogP contribution >= 0.6 is 34.7 Å². The van der Waals surface area contributed by atoms with E-state index in [-0.39, 0.29) is 21.9 Å². The van der Waals surface area contributed by atoms with Gasteiger partial charge in [-0.2, -0.15) is 0 Å². The van der Waals surface area contributed by atoms with Crippen LogP contribution in [0.5, 0.6) is 5.75 Å². The van der Waals surface area contributed by atoms with E-state index in [1.807, 2.05) is 0 Å². The highest BCUT2D eigenvalue weighted by atomic mass is 35.5. The zero-order valence-corrected chi connectivity index (χ0v) is 20.7. The summed E-state index contributed by atoms with van der Waals surface area (Å²) in [7, 11) is 1.41. The summed E-state index contributed by atoms with van der Waals surface area (Å²) in [5.74, 6) is -0.530. The van der Waals surface area contributed by atoms with Gasteiger partial charge in [-0.1, -0.05) is 34.7 Å². The summed E-state index contributed by atoms with van der Waals surface area (Å²) in [6, 6.07) is 4.53. The third kappa shape index (κ3) is 5.12. The number of anilines is 1. The predicted octanol–water partition coefficient (Wildman–Crippen LogP) is 4.98. The first-order valence-corrected chi connectivity index (χ1v) is 12.2. The summed E-state index contributed by atoms with van der Waals surface area (Å²) in [6.45, 7) is 3.42. The maximum Gasteiger partial charge on any atom is 0.259 e. The topological polar surface area (TPSA) is 110 Å². The molecule has 1 atom stereocenters. The summed E-state index contributed by atoms with van der Waals surface area (Å²) < 4.78 is 20.3. The molecule has 176 valence electrons. The average Bonchev–Trinajstić information content (AvgIpc) is 3.20. The van der Waals surface area contributed by atoms with Gasteiger partial charge in [0.2, 0.25) is 0 Å². The number of ether oxygens (including phenoxy) is 1. The van der Waals surface area contributed by atoms with Crippen molar-refractivity contribution in [1.29, 1.82) is 0 Å². The first kappa shape index (κ1) is 24.3. The third-order valence-electron chi connectivity index (χ3n) is 4.63. The van der Waals surface area contributed by atoms with Crippen molar-refractivity contribution in [3.63, 3.8) is 0 Å². The number of aliphatic hydroxyl groups is 1. The Bertz CT molecular complexity index is 1380. The summed E-state index contributed by atoms with van der Waals surface area (Å²) in [5, 5.41) is 12.9. The fraction of sp³-hybridized carbons (Fsp3) is 0.227. The second kappa shape index (κ2) is 10.2. The lowest BCUT2D eigenvalue weighted by Crippen LogP contribution is -2.14. The predicted molar refractivity (Wildman–Crippen MR) is 131 cm³/mol. The monoisotopic (exact) mass is 519 g/mol. The standard InChI is InChI=1S/C22H19ClFN5O3S2/c1-10-6-12(17-16(32-3)5-4-14(23)18(17)24)13(7-25-10)19(31)28-22-27-15-8-26-21(29-20(15)34-22)33-9-11(2)30/h4-8,11,30H,9H2,1-3H3,(H,27,28,31). The number of nitrogens with one attached hydrogen (secondary N) is 1. The van der Waals surface area contributed by atoms with Gasteiger partial charge in [0.1, 0.15) is 16.1 Å². The quantitative estimate of drug-likeness (QED) is 0.260. The molecule has 1 amide bonds. The lowest BCUT2D eigenvalue weighted by Gasteiger charge is -2.14. The number of carbonyl (C=O) groups excluding carboxylic acids is 1. The highest BCUT2D eigenvalue weighted by Crippen LogP contribution is 2.38. The lowest BCUT2D eigenvalue weighted by molar-refractivity contribution is 0.102. The van der Waals surface area contributed by atoms with Crippen LogP contribution in [-0.4, -0.2) is 49.9 Å². The molecule has 2 N–H and O–H groups in total. The Kier molecular flexibility index (Phi) is 7.27. The molecular weight excluding hydrogens is 501 g/mol. The van der Waals surface area contributed by atoms with Gasteiger partial charge < -0.3 is 9.84 Å². The van der Waals surface area contributed by atoms with Crippen LogP contribution in [0, 0.1) is 12.7 Å². The van der Waals surface area contributed by atoms with Crippen LogP contribution in [0.15, 0.2) is 35.7 Å². The number of aryl methyl sites for hydroxylation is 1. The molecule has 4 aromatic rings. The average molecular weight is 520 g/mol. The molecule has 3 aromatic heterocycles. The minimum atomic E-state index is -0.696. The van der Waals surface area contributed by atoms with Gasteiger partial charge in [-0.3, -0.25) is 15.1 Å². The number of methoxy groups -OCH3 is 1. The fourth-order valence-corrected chi connectivity index (χ4v) is 4.80. The molecule has 1 unspecified atom stereocenters. The van der Waals surface area contributed by atoms with Crippen LogP contribution < -0.4 is 10.1 Å². The molecule has 0 aliphatic heterocycles. The lowest BCUT2D eigenvalue weighted by atomic mass is 9.98. The van der Waals surface area contributed by atoms with Gasteiger partial charge in [0.15, 0.2) is 16.1 Å². The van der Waals surface area contributed by atoms with Crippen molar-refractivity contribution in [3.8, 4) is 16.9 Å². The van der Waals surface area contributed by atoms with Gasteiger partial charge in [-0.15, -0.1) is 0 Å². The highest BCUT2D eigenvalue weighted by molar-refractivity contribution is 7.99. The Morgan fingerprint density at radius 3 is 2.85 bits per heavy atom. The van der Waals surface area contributed by atoms with E-state index in [1.54, 1.807) is 26.1 Å². The molecule has 4 rings (SSSR count). The van der Waals surface area contributed by atoms with Crippen molar-refractivity contribution in [2.24, 2.45) is 0 Å². The number of thioether (sulfide) groups is 1. The van der Waals surface area contributed by atoms with E-state index < -0.39 is 17.8 Å². The Labute approximate surface area is 207 Å². The van der Waals surface area contributed by atoms with E-state index in [4.69, 9.17) is 16.3 Å². The number of nitrogens with zero attached hydrogens (tertiary/aromatic N) is 4. The van der Waals surface area contributed by atoms with E-state index in [9.17, 15) is 9.90 Å². The Hall–Kier alpha value is -2.86. The molecule has 0 bridgehead atoms. The van der Waals surface area contributed by atoms with Crippen molar-refractivity contribution in [2.75, 3.05) is 18.2 Å². The van der Waals surface area contributed by atoms with Gasteiger partial charge >= 0.3 is 0 Å². The van der Waals surface area contributed by atoms with Crippen LogP contribution in [0.3, 0.4) is 0 Å². The third-order valence-corrected chi connectivity index (χ3v) is 6.91. The summed E-state index contributed by atoms with van der Waals surface area (Å²) in [5.41, 5.74) is 1.60. The fourth-order valence-electron chi connectivity index (χ4n) is 3.10. The van der Waals surface area contributed by atoms with Crippen LogP contribution in [0.25, 0.3) is 21.5 Å². The van der Waals surface area contributed by atoms with Crippen molar-refractivity contribution in [2.45, 2.75) is 25.1 Å². The number of thiazole rings is 1. The molecule has 8 nitrogen and oxygen atoms in total.